The van der Waals surface area contributed by atoms with Crippen LogP contribution in [-0.4, -0.2) is 38.3 Å². The third-order valence-electron chi connectivity index (χ3n) is 4.92. The number of nitrogens with one attached hydrogen (secondary N) is 2. The van der Waals surface area contributed by atoms with E-state index in [0.29, 0.717) is 24.3 Å². The number of hydrogen-bond donors (Lipinski definition) is 2. The summed E-state index contributed by atoms with van der Waals surface area (Å²) in [6.07, 6.45) is 5.71. The molecule has 3 unspecified atom stereocenters. The topological polar surface area (TPSA) is 59.6 Å². The summed E-state index contributed by atoms with van der Waals surface area (Å²) in [6.45, 7) is 0.682. The van der Waals surface area contributed by atoms with E-state index in [1.807, 2.05) is 0 Å². The molecule has 1 aromatic rings. The number of halogens is 2. The highest BCUT2D eigenvalue weighted by Gasteiger charge is 2.38. The fraction of sp³-hybridized carbons (Fsp3) is 0.611. The largest absolute Gasteiger partial charge is 0.488 e. The molecule has 3 atom stereocenters. The monoisotopic (exact) mass is 372 g/mol. The van der Waals surface area contributed by atoms with Crippen LogP contribution in [0.5, 0.6) is 5.75 Å². The second-order valence-corrected chi connectivity index (χ2v) is 6.58. The zero-order valence-corrected chi connectivity index (χ0v) is 15.2. The maximum absolute atomic E-state index is 14.0. The van der Waals surface area contributed by atoms with Gasteiger partial charge in [0.25, 0.3) is 0 Å². The fourth-order valence-electron chi connectivity index (χ4n) is 3.68. The van der Waals surface area contributed by atoms with Crippen molar-refractivity contribution in [2.75, 3.05) is 25.6 Å². The highest BCUT2D eigenvalue weighted by molar-refractivity contribution is 5.95. The number of rotatable bonds is 6. The van der Waals surface area contributed by atoms with Gasteiger partial charge < -0.3 is 20.1 Å². The van der Waals surface area contributed by atoms with E-state index in [9.17, 15) is 9.18 Å². The molecule has 7 heteroatoms. The summed E-state index contributed by atoms with van der Waals surface area (Å²) in [5.41, 5.74) is 0.452. The first kappa shape index (κ1) is 19.9. The molecule has 25 heavy (non-hydrogen) atoms. The number of carbonyl (C=O) groups is 1. The lowest BCUT2D eigenvalue weighted by atomic mass is 9.85. The van der Waals surface area contributed by atoms with Crippen LogP contribution in [-0.2, 0) is 9.53 Å². The standard InChI is InChI=1S/C18H25FN2O3.ClH/c1-23-8-9-24-17-7-6-13(11-14(17)19)20-18(22)16-10-12-4-2-3-5-15(12)21-16;/h6-7,11-12,15-16,21H,2-5,8-10H2,1H3,(H,20,22);1H. The van der Waals surface area contributed by atoms with E-state index in [4.69, 9.17) is 9.47 Å². The molecular weight excluding hydrogens is 347 g/mol. The maximum Gasteiger partial charge on any atom is 0.241 e. The first-order valence-corrected chi connectivity index (χ1v) is 8.65. The van der Waals surface area contributed by atoms with E-state index in [0.717, 1.165) is 12.8 Å². The predicted molar refractivity (Wildman–Crippen MR) is 96.9 cm³/mol. The van der Waals surface area contributed by atoms with Crippen LogP contribution in [0.15, 0.2) is 18.2 Å². The van der Waals surface area contributed by atoms with Gasteiger partial charge in [-0.1, -0.05) is 12.8 Å². The van der Waals surface area contributed by atoms with Crippen LogP contribution >= 0.6 is 12.4 Å². The zero-order valence-electron chi connectivity index (χ0n) is 14.4. The van der Waals surface area contributed by atoms with Gasteiger partial charge >= 0.3 is 0 Å². The van der Waals surface area contributed by atoms with Gasteiger partial charge in [0, 0.05) is 24.9 Å². The van der Waals surface area contributed by atoms with Crippen molar-refractivity contribution in [3.05, 3.63) is 24.0 Å². The van der Waals surface area contributed by atoms with Crippen LogP contribution in [0.1, 0.15) is 32.1 Å². The fourth-order valence-corrected chi connectivity index (χ4v) is 3.68. The second kappa shape index (κ2) is 9.36. The number of carbonyl (C=O) groups excluding carboxylic acids is 1. The Labute approximate surface area is 154 Å². The average Bonchev–Trinajstić information content (AvgIpc) is 3.01. The predicted octanol–water partition coefficient (Wildman–Crippen LogP) is 3.13. The summed E-state index contributed by atoms with van der Waals surface area (Å²) in [7, 11) is 1.56. The Hall–Kier alpha value is -1.37. The van der Waals surface area contributed by atoms with Gasteiger partial charge in [-0.25, -0.2) is 4.39 Å². The van der Waals surface area contributed by atoms with Gasteiger partial charge in [-0.15, -0.1) is 12.4 Å². The highest BCUT2D eigenvalue weighted by atomic mass is 35.5. The Balaban J connectivity index is 0.00000225. The van der Waals surface area contributed by atoms with Crippen LogP contribution in [0.3, 0.4) is 0 Å². The van der Waals surface area contributed by atoms with E-state index in [1.165, 1.54) is 31.4 Å². The first-order valence-electron chi connectivity index (χ1n) is 8.65. The van der Waals surface area contributed by atoms with Gasteiger partial charge in [-0.05, 0) is 37.3 Å². The summed E-state index contributed by atoms with van der Waals surface area (Å²) in [5, 5.41) is 6.24. The molecule has 5 nitrogen and oxygen atoms in total. The maximum atomic E-state index is 14.0. The number of hydrogen-bond acceptors (Lipinski definition) is 4. The Morgan fingerprint density at radius 3 is 2.84 bits per heavy atom. The molecule has 1 amide bonds. The lowest BCUT2D eigenvalue weighted by Gasteiger charge is -2.24. The van der Waals surface area contributed by atoms with Gasteiger partial charge in [0.1, 0.15) is 6.61 Å². The van der Waals surface area contributed by atoms with E-state index in [1.54, 1.807) is 13.2 Å². The van der Waals surface area contributed by atoms with Crippen LogP contribution < -0.4 is 15.4 Å². The van der Waals surface area contributed by atoms with Gasteiger partial charge in [-0.2, -0.15) is 0 Å². The van der Waals surface area contributed by atoms with Crippen molar-refractivity contribution in [1.82, 2.24) is 5.32 Å². The van der Waals surface area contributed by atoms with E-state index >= 15 is 0 Å². The molecule has 0 spiro atoms. The van der Waals surface area contributed by atoms with Crippen molar-refractivity contribution in [3.8, 4) is 5.75 Å². The Bertz CT molecular complexity index is 573. The molecule has 1 heterocycles. The van der Waals surface area contributed by atoms with Crippen molar-refractivity contribution < 1.29 is 18.7 Å². The smallest absolute Gasteiger partial charge is 0.241 e. The summed E-state index contributed by atoms with van der Waals surface area (Å²) < 4.78 is 24.2. The minimum absolute atomic E-state index is 0. The van der Waals surface area contributed by atoms with Crippen molar-refractivity contribution in [1.29, 1.82) is 0 Å². The van der Waals surface area contributed by atoms with Crippen molar-refractivity contribution in [3.63, 3.8) is 0 Å². The van der Waals surface area contributed by atoms with Crippen molar-refractivity contribution in [2.24, 2.45) is 5.92 Å². The first-order chi connectivity index (χ1) is 11.7. The van der Waals surface area contributed by atoms with Gasteiger partial charge in [0.05, 0.1) is 12.6 Å². The summed E-state index contributed by atoms with van der Waals surface area (Å²) in [6, 6.07) is 4.76. The molecule has 1 saturated heterocycles. The van der Waals surface area contributed by atoms with Gasteiger partial charge in [0.2, 0.25) is 5.91 Å². The number of ether oxygens (including phenoxy) is 2. The summed E-state index contributed by atoms with van der Waals surface area (Å²) in [4.78, 5) is 12.4. The van der Waals surface area contributed by atoms with E-state index in [-0.39, 0.29) is 36.7 Å². The van der Waals surface area contributed by atoms with Crippen LogP contribution in [0.4, 0.5) is 10.1 Å². The lowest BCUT2D eigenvalue weighted by Crippen LogP contribution is -2.39. The minimum Gasteiger partial charge on any atom is -0.488 e. The Kier molecular flexibility index (Phi) is 7.47. The molecule has 1 saturated carbocycles. The summed E-state index contributed by atoms with van der Waals surface area (Å²) >= 11 is 0. The normalized spacial score (nSPS) is 25.0. The number of methoxy groups -OCH3 is 1. The van der Waals surface area contributed by atoms with Crippen LogP contribution in [0, 0.1) is 11.7 Å². The number of anilines is 1. The molecule has 1 aromatic carbocycles. The number of fused-ring (bicyclic) bond motifs is 1. The minimum atomic E-state index is -0.489. The Morgan fingerprint density at radius 2 is 2.12 bits per heavy atom. The molecule has 1 aliphatic carbocycles. The number of benzene rings is 1. The Morgan fingerprint density at radius 1 is 1.32 bits per heavy atom. The van der Waals surface area contributed by atoms with Gasteiger partial charge in [0.15, 0.2) is 11.6 Å². The molecule has 2 aliphatic rings. The SMILES string of the molecule is COCCOc1ccc(NC(=O)C2CC3CCCCC3N2)cc1F.Cl. The molecule has 2 fully saturated rings. The van der Waals surface area contributed by atoms with Crippen LogP contribution in [0.2, 0.25) is 0 Å². The lowest BCUT2D eigenvalue weighted by molar-refractivity contribution is -0.117. The number of amides is 1. The molecule has 140 valence electrons. The average molecular weight is 373 g/mol. The van der Waals surface area contributed by atoms with Crippen LogP contribution in [0.25, 0.3) is 0 Å². The highest BCUT2D eigenvalue weighted by Crippen LogP contribution is 2.33. The molecule has 0 radical (unpaired) electrons. The molecule has 0 aromatic heterocycles. The third-order valence-corrected chi connectivity index (χ3v) is 4.92. The molecule has 3 rings (SSSR count). The quantitative estimate of drug-likeness (QED) is 0.753. The molecule has 2 N–H and O–H groups in total. The summed E-state index contributed by atoms with van der Waals surface area (Å²) in [5.74, 6) is 0.187. The van der Waals surface area contributed by atoms with Gasteiger partial charge in [-0.3, -0.25) is 4.79 Å². The third kappa shape index (κ3) is 5.06. The van der Waals surface area contributed by atoms with Crippen molar-refractivity contribution >= 4 is 24.0 Å². The van der Waals surface area contributed by atoms with E-state index in [2.05, 4.69) is 10.6 Å². The second-order valence-electron chi connectivity index (χ2n) is 6.58. The zero-order chi connectivity index (χ0) is 16.9. The van der Waals surface area contributed by atoms with E-state index < -0.39 is 5.82 Å². The molecule has 1 aliphatic heterocycles. The molecule has 0 bridgehead atoms. The molecular formula is C18H26ClFN2O3. The van der Waals surface area contributed by atoms with Crippen molar-refractivity contribution in [2.45, 2.75) is 44.2 Å².